The highest BCUT2D eigenvalue weighted by Crippen LogP contribution is 2.26. The van der Waals surface area contributed by atoms with Crippen molar-refractivity contribution in [2.45, 2.75) is 6.54 Å². The lowest BCUT2D eigenvalue weighted by molar-refractivity contribution is -0.116. The molecular formula is C21H15FN4O2S. The summed E-state index contributed by atoms with van der Waals surface area (Å²) in [7, 11) is 0. The van der Waals surface area contributed by atoms with Crippen molar-refractivity contribution in [3.63, 3.8) is 0 Å². The molecule has 0 saturated heterocycles. The van der Waals surface area contributed by atoms with Gasteiger partial charge in [0.15, 0.2) is 0 Å². The van der Waals surface area contributed by atoms with Gasteiger partial charge < -0.3 is 5.32 Å². The SMILES string of the molecule is O=C(Cn1cncc(-c2nc(-c3ccccc3)cs2)c1=O)Nc1ccccc1F. The molecule has 8 heteroatoms. The van der Waals surface area contributed by atoms with Gasteiger partial charge in [-0.2, -0.15) is 0 Å². The van der Waals surface area contributed by atoms with E-state index in [1.165, 1.54) is 46.6 Å². The van der Waals surface area contributed by atoms with E-state index in [9.17, 15) is 14.0 Å². The summed E-state index contributed by atoms with van der Waals surface area (Å²) < 4.78 is 14.9. The minimum atomic E-state index is -0.545. The third-order valence-electron chi connectivity index (χ3n) is 4.17. The zero-order valence-electron chi connectivity index (χ0n) is 15.1. The Bertz CT molecular complexity index is 1220. The van der Waals surface area contributed by atoms with Gasteiger partial charge in [0.2, 0.25) is 5.91 Å². The Kier molecular flexibility index (Phi) is 5.26. The maximum Gasteiger partial charge on any atom is 0.264 e. The number of para-hydroxylation sites is 1. The van der Waals surface area contributed by atoms with E-state index in [1.807, 2.05) is 35.7 Å². The maximum absolute atomic E-state index is 13.7. The van der Waals surface area contributed by atoms with Gasteiger partial charge in [-0.05, 0) is 12.1 Å². The number of anilines is 1. The van der Waals surface area contributed by atoms with Crippen LogP contribution in [-0.2, 0) is 11.3 Å². The second-order valence-corrected chi connectivity index (χ2v) is 7.03. The normalized spacial score (nSPS) is 10.7. The summed E-state index contributed by atoms with van der Waals surface area (Å²) in [5.41, 5.74) is 1.68. The number of amides is 1. The minimum absolute atomic E-state index is 0.0575. The highest BCUT2D eigenvalue weighted by atomic mass is 32.1. The number of halogens is 1. The fraction of sp³-hybridized carbons (Fsp3) is 0.0476. The van der Waals surface area contributed by atoms with Gasteiger partial charge in [0.1, 0.15) is 17.4 Å². The van der Waals surface area contributed by atoms with Gasteiger partial charge in [0, 0.05) is 17.1 Å². The first-order valence-corrected chi connectivity index (χ1v) is 9.60. The van der Waals surface area contributed by atoms with Crippen LogP contribution in [0.5, 0.6) is 0 Å². The summed E-state index contributed by atoms with van der Waals surface area (Å²) >= 11 is 1.33. The van der Waals surface area contributed by atoms with Crippen molar-refractivity contribution in [1.82, 2.24) is 14.5 Å². The van der Waals surface area contributed by atoms with E-state index in [2.05, 4.69) is 15.3 Å². The molecule has 0 unspecified atom stereocenters. The number of nitrogens with zero attached hydrogens (tertiary/aromatic N) is 3. The van der Waals surface area contributed by atoms with Crippen LogP contribution in [0.15, 0.2) is 77.3 Å². The number of aromatic nitrogens is 3. The Labute approximate surface area is 169 Å². The molecule has 4 rings (SSSR count). The van der Waals surface area contributed by atoms with Crippen LogP contribution in [-0.4, -0.2) is 20.4 Å². The van der Waals surface area contributed by atoms with E-state index < -0.39 is 17.3 Å². The maximum atomic E-state index is 13.7. The molecule has 0 aliphatic heterocycles. The van der Waals surface area contributed by atoms with Gasteiger partial charge in [-0.3, -0.25) is 14.2 Å². The third kappa shape index (κ3) is 4.12. The van der Waals surface area contributed by atoms with Crippen LogP contribution in [0.2, 0.25) is 0 Å². The summed E-state index contributed by atoms with van der Waals surface area (Å²) in [5.74, 6) is -1.07. The molecule has 2 aromatic heterocycles. The molecule has 0 atom stereocenters. The monoisotopic (exact) mass is 406 g/mol. The van der Waals surface area contributed by atoms with Gasteiger partial charge in [0.05, 0.1) is 23.3 Å². The highest BCUT2D eigenvalue weighted by Gasteiger charge is 2.14. The molecular weight excluding hydrogens is 391 g/mol. The molecule has 29 heavy (non-hydrogen) atoms. The van der Waals surface area contributed by atoms with E-state index in [4.69, 9.17) is 0 Å². The smallest absolute Gasteiger partial charge is 0.264 e. The fourth-order valence-corrected chi connectivity index (χ4v) is 3.59. The number of carbonyl (C=O) groups excluding carboxylic acids is 1. The molecule has 0 aliphatic carbocycles. The van der Waals surface area contributed by atoms with Crippen LogP contribution < -0.4 is 10.9 Å². The van der Waals surface area contributed by atoms with Gasteiger partial charge >= 0.3 is 0 Å². The predicted octanol–water partition coefficient (Wildman–Crippen LogP) is 3.81. The fourth-order valence-electron chi connectivity index (χ4n) is 2.76. The highest BCUT2D eigenvalue weighted by molar-refractivity contribution is 7.13. The first-order valence-electron chi connectivity index (χ1n) is 8.72. The number of hydrogen-bond donors (Lipinski definition) is 1. The standard InChI is InChI=1S/C21H15FN4O2S/c22-16-8-4-5-9-17(16)24-19(27)11-26-13-23-10-15(21(26)28)20-25-18(12-29-20)14-6-2-1-3-7-14/h1-10,12-13H,11H2,(H,24,27). The Morgan fingerprint density at radius 1 is 1.10 bits per heavy atom. The van der Waals surface area contributed by atoms with Crippen LogP contribution in [0, 0.1) is 5.82 Å². The molecule has 0 fully saturated rings. The Balaban J connectivity index is 1.57. The van der Waals surface area contributed by atoms with Crippen molar-refractivity contribution < 1.29 is 9.18 Å². The van der Waals surface area contributed by atoms with Gasteiger partial charge in [-0.1, -0.05) is 42.5 Å². The van der Waals surface area contributed by atoms with E-state index in [0.717, 1.165) is 11.3 Å². The van der Waals surface area contributed by atoms with E-state index in [0.29, 0.717) is 10.6 Å². The first kappa shape index (κ1) is 18.7. The summed E-state index contributed by atoms with van der Waals surface area (Å²) in [5, 5.41) is 4.84. The quantitative estimate of drug-likeness (QED) is 0.547. The molecule has 0 aliphatic rings. The topological polar surface area (TPSA) is 76.9 Å². The number of carbonyl (C=O) groups is 1. The number of benzene rings is 2. The van der Waals surface area contributed by atoms with Crippen LogP contribution in [0.25, 0.3) is 21.8 Å². The lowest BCUT2D eigenvalue weighted by Gasteiger charge is -2.08. The zero-order chi connectivity index (χ0) is 20.2. The third-order valence-corrected chi connectivity index (χ3v) is 5.04. The number of rotatable bonds is 5. The largest absolute Gasteiger partial charge is 0.322 e. The van der Waals surface area contributed by atoms with Crippen molar-refractivity contribution in [2.24, 2.45) is 0 Å². The minimum Gasteiger partial charge on any atom is -0.322 e. The summed E-state index contributed by atoms with van der Waals surface area (Å²) in [4.78, 5) is 33.6. The van der Waals surface area contributed by atoms with Crippen molar-refractivity contribution in [1.29, 1.82) is 0 Å². The average molecular weight is 406 g/mol. The lowest BCUT2D eigenvalue weighted by atomic mass is 10.2. The van der Waals surface area contributed by atoms with Gasteiger partial charge in [0.25, 0.3) is 5.56 Å². The van der Waals surface area contributed by atoms with E-state index in [-0.39, 0.29) is 12.2 Å². The summed E-state index contributed by atoms with van der Waals surface area (Å²) in [6, 6.07) is 15.5. The number of nitrogens with one attached hydrogen (secondary N) is 1. The van der Waals surface area contributed by atoms with Crippen LogP contribution in [0.1, 0.15) is 0 Å². The van der Waals surface area contributed by atoms with Crippen LogP contribution in [0.3, 0.4) is 0 Å². The van der Waals surface area contributed by atoms with Gasteiger partial charge in [-0.15, -0.1) is 11.3 Å². The Morgan fingerprint density at radius 2 is 1.86 bits per heavy atom. The molecule has 1 amide bonds. The average Bonchev–Trinajstić information content (AvgIpc) is 3.22. The Hall–Kier alpha value is -3.65. The molecule has 1 N–H and O–H groups in total. The first-order chi connectivity index (χ1) is 14.1. The van der Waals surface area contributed by atoms with E-state index in [1.54, 1.807) is 6.07 Å². The van der Waals surface area contributed by atoms with E-state index >= 15 is 0 Å². The molecule has 0 saturated carbocycles. The molecule has 2 heterocycles. The molecule has 144 valence electrons. The van der Waals surface area contributed by atoms with Crippen LogP contribution in [0.4, 0.5) is 10.1 Å². The molecule has 4 aromatic rings. The Morgan fingerprint density at radius 3 is 2.66 bits per heavy atom. The van der Waals surface area contributed by atoms with Gasteiger partial charge in [-0.25, -0.2) is 14.4 Å². The molecule has 0 bridgehead atoms. The van der Waals surface area contributed by atoms with Crippen molar-refractivity contribution in [3.05, 3.63) is 88.7 Å². The molecule has 0 radical (unpaired) electrons. The number of thiazole rings is 1. The molecule has 6 nitrogen and oxygen atoms in total. The van der Waals surface area contributed by atoms with Crippen molar-refractivity contribution in [3.8, 4) is 21.8 Å². The van der Waals surface area contributed by atoms with Crippen molar-refractivity contribution >= 4 is 22.9 Å². The van der Waals surface area contributed by atoms with Crippen molar-refractivity contribution in [2.75, 3.05) is 5.32 Å². The van der Waals surface area contributed by atoms with Crippen LogP contribution >= 0.6 is 11.3 Å². The predicted molar refractivity (Wildman–Crippen MR) is 110 cm³/mol. The second-order valence-electron chi connectivity index (χ2n) is 6.17. The lowest BCUT2D eigenvalue weighted by Crippen LogP contribution is -2.28. The molecule has 0 spiro atoms. The second kappa shape index (κ2) is 8.15. The summed E-state index contributed by atoms with van der Waals surface area (Å²) in [6.07, 6.45) is 2.71. The zero-order valence-corrected chi connectivity index (χ0v) is 15.9. The molecule has 2 aromatic carbocycles. The summed E-state index contributed by atoms with van der Waals surface area (Å²) in [6.45, 7) is -0.287. The number of hydrogen-bond acceptors (Lipinski definition) is 5.